The third kappa shape index (κ3) is 5.46. The molecule has 0 saturated carbocycles. The lowest BCUT2D eigenvalue weighted by Gasteiger charge is -2.16. The lowest BCUT2D eigenvalue weighted by molar-refractivity contribution is 0.219. The Balaban J connectivity index is 2.11. The summed E-state index contributed by atoms with van der Waals surface area (Å²) in [5.74, 6) is -0.234. The van der Waals surface area contributed by atoms with Crippen LogP contribution in [0, 0.1) is 6.92 Å². The Labute approximate surface area is 154 Å². The minimum absolute atomic E-state index is 0.0977. The average molecular weight is 376 g/mol. The minimum atomic E-state index is -3.10. The topological polar surface area (TPSA) is 76.0 Å². The maximum absolute atomic E-state index is 12.6. The van der Waals surface area contributed by atoms with Gasteiger partial charge in [0.25, 0.3) is 0 Å². The molecule has 2 N–H and O–H groups in total. The summed E-state index contributed by atoms with van der Waals surface area (Å²) in [6.45, 7) is 6.01. The third-order valence-corrected chi connectivity index (χ3v) is 5.83. The molecule has 0 aliphatic heterocycles. The van der Waals surface area contributed by atoms with Gasteiger partial charge in [0.1, 0.15) is 0 Å². The van der Waals surface area contributed by atoms with E-state index in [1.807, 2.05) is 36.4 Å². The Morgan fingerprint density at radius 3 is 2.08 bits per heavy atom. The van der Waals surface area contributed by atoms with Gasteiger partial charge in [-0.05, 0) is 55.2 Å². The van der Waals surface area contributed by atoms with Crippen LogP contribution in [-0.2, 0) is 19.8 Å². The first kappa shape index (κ1) is 20.2. The van der Waals surface area contributed by atoms with Crippen molar-refractivity contribution in [3.8, 4) is 11.5 Å². The second-order valence-corrected chi connectivity index (χ2v) is 7.94. The van der Waals surface area contributed by atoms with Crippen LogP contribution in [0.4, 0.5) is 0 Å². The number of benzene rings is 2. The van der Waals surface area contributed by atoms with Gasteiger partial charge < -0.3 is 19.3 Å². The van der Waals surface area contributed by atoms with Gasteiger partial charge in [0.05, 0.1) is 19.4 Å². The first-order valence-corrected chi connectivity index (χ1v) is 10.3. The number of phenols is 2. The van der Waals surface area contributed by atoms with Crippen LogP contribution in [-0.4, -0.2) is 23.4 Å². The monoisotopic (exact) mass is 376 g/mol. The number of phenolic OH excluding ortho intramolecular Hbond substituents is 2. The predicted molar refractivity (Wildman–Crippen MR) is 104 cm³/mol. The number of aryl methyl sites for hydroxylation is 1. The first-order valence-electron chi connectivity index (χ1n) is 8.54. The fourth-order valence-electron chi connectivity index (χ4n) is 2.56. The summed E-state index contributed by atoms with van der Waals surface area (Å²) in [6.07, 6.45) is 4.00. The van der Waals surface area contributed by atoms with Gasteiger partial charge in [0, 0.05) is 0 Å². The predicted octanol–water partition coefficient (Wildman–Crippen LogP) is 5.34. The molecule has 0 saturated heterocycles. The average Bonchev–Trinajstić information content (AvgIpc) is 2.59. The van der Waals surface area contributed by atoms with Crippen LogP contribution in [0.3, 0.4) is 0 Å². The van der Waals surface area contributed by atoms with E-state index >= 15 is 0 Å². The largest absolute Gasteiger partial charge is 0.504 e. The number of rotatable bonds is 8. The molecule has 0 spiro atoms. The second kappa shape index (κ2) is 9.04. The highest BCUT2D eigenvalue weighted by molar-refractivity contribution is 7.53. The standard InChI is InChI=1S/C20H25O5P/c1-4-24-26(23,25-5-2)14-17-9-6-16(7-10-17)8-11-18-12-15(3)20(22)19(21)13-18/h6-13,21-22H,4-5,14H2,1-3H3/b11-8+. The van der Waals surface area contributed by atoms with E-state index in [9.17, 15) is 14.8 Å². The molecule has 0 fully saturated rings. The van der Waals surface area contributed by atoms with Crippen molar-refractivity contribution in [2.75, 3.05) is 13.2 Å². The first-order chi connectivity index (χ1) is 12.4. The zero-order valence-electron chi connectivity index (χ0n) is 15.3. The van der Waals surface area contributed by atoms with Gasteiger partial charge in [0.2, 0.25) is 0 Å². The van der Waals surface area contributed by atoms with E-state index in [2.05, 4.69) is 0 Å². The number of hydrogen-bond acceptors (Lipinski definition) is 5. The fourth-order valence-corrected chi connectivity index (χ4v) is 4.26. The molecule has 0 aliphatic rings. The Kier molecular flexibility index (Phi) is 7.04. The van der Waals surface area contributed by atoms with E-state index < -0.39 is 7.60 Å². The van der Waals surface area contributed by atoms with Crippen LogP contribution in [0.2, 0.25) is 0 Å². The summed E-state index contributed by atoms with van der Waals surface area (Å²) < 4.78 is 23.2. The van der Waals surface area contributed by atoms with E-state index in [4.69, 9.17) is 9.05 Å². The Morgan fingerprint density at radius 2 is 1.54 bits per heavy atom. The van der Waals surface area contributed by atoms with Crippen LogP contribution in [0.15, 0.2) is 36.4 Å². The summed E-state index contributed by atoms with van der Waals surface area (Å²) in [5.41, 5.74) is 3.24. The van der Waals surface area contributed by atoms with Crippen LogP contribution in [0.5, 0.6) is 11.5 Å². The molecule has 5 nitrogen and oxygen atoms in total. The third-order valence-electron chi connectivity index (χ3n) is 3.78. The van der Waals surface area contributed by atoms with Crippen LogP contribution in [0.1, 0.15) is 36.1 Å². The normalized spacial score (nSPS) is 12.0. The molecule has 0 amide bonds. The maximum atomic E-state index is 12.6. The van der Waals surface area contributed by atoms with Crippen LogP contribution < -0.4 is 0 Å². The summed E-state index contributed by atoms with van der Waals surface area (Å²) in [4.78, 5) is 0. The quantitative estimate of drug-likeness (QED) is 0.369. The summed E-state index contributed by atoms with van der Waals surface area (Å²) in [5, 5.41) is 19.3. The molecular formula is C20H25O5P. The highest BCUT2D eigenvalue weighted by Gasteiger charge is 2.23. The highest BCUT2D eigenvalue weighted by Crippen LogP contribution is 2.51. The molecule has 0 radical (unpaired) electrons. The van der Waals surface area contributed by atoms with Gasteiger partial charge >= 0.3 is 7.60 Å². The molecule has 0 heterocycles. The summed E-state index contributed by atoms with van der Waals surface area (Å²) in [6, 6.07) is 10.9. The van der Waals surface area contributed by atoms with E-state index in [0.717, 1.165) is 16.7 Å². The van der Waals surface area contributed by atoms with Gasteiger partial charge in [0.15, 0.2) is 11.5 Å². The van der Waals surface area contributed by atoms with Crippen molar-refractivity contribution in [2.45, 2.75) is 26.9 Å². The van der Waals surface area contributed by atoms with Gasteiger partial charge in [-0.3, -0.25) is 4.57 Å². The fraction of sp³-hybridized carbons (Fsp3) is 0.300. The number of hydrogen-bond donors (Lipinski definition) is 2. The van der Waals surface area contributed by atoms with Gasteiger partial charge in [-0.15, -0.1) is 0 Å². The maximum Gasteiger partial charge on any atom is 0.335 e. The van der Waals surface area contributed by atoms with Crippen molar-refractivity contribution in [1.82, 2.24) is 0 Å². The second-order valence-electron chi connectivity index (χ2n) is 5.89. The Bertz CT molecular complexity index is 778. The summed E-state index contributed by atoms with van der Waals surface area (Å²) >= 11 is 0. The molecule has 0 aromatic heterocycles. The highest BCUT2D eigenvalue weighted by atomic mass is 31.2. The molecule has 6 heteroatoms. The van der Waals surface area contributed by atoms with Gasteiger partial charge in [-0.1, -0.05) is 36.4 Å². The van der Waals surface area contributed by atoms with Crippen molar-refractivity contribution >= 4 is 19.7 Å². The van der Waals surface area contributed by atoms with Gasteiger partial charge in [-0.25, -0.2) is 0 Å². The zero-order chi connectivity index (χ0) is 19.2. The molecule has 140 valence electrons. The lowest BCUT2D eigenvalue weighted by atomic mass is 10.1. The number of aromatic hydroxyl groups is 2. The Morgan fingerprint density at radius 1 is 0.962 bits per heavy atom. The van der Waals surface area contributed by atoms with Crippen molar-refractivity contribution < 1.29 is 23.8 Å². The molecule has 0 unspecified atom stereocenters. The van der Waals surface area contributed by atoms with Crippen molar-refractivity contribution in [2.24, 2.45) is 0 Å². The van der Waals surface area contributed by atoms with E-state index in [1.165, 1.54) is 6.07 Å². The van der Waals surface area contributed by atoms with Crippen molar-refractivity contribution in [3.05, 3.63) is 58.7 Å². The van der Waals surface area contributed by atoms with Crippen molar-refractivity contribution in [3.63, 3.8) is 0 Å². The van der Waals surface area contributed by atoms with E-state index in [-0.39, 0.29) is 17.7 Å². The Hall–Kier alpha value is -2.07. The smallest absolute Gasteiger partial charge is 0.335 e. The molecule has 0 atom stereocenters. The zero-order valence-corrected chi connectivity index (χ0v) is 16.2. The molecular weight excluding hydrogens is 351 g/mol. The molecule has 26 heavy (non-hydrogen) atoms. The van der Waals surface area contributed by atoms with Gasteiger partial charge in [-0.2, -0.15) is 0 Å². The minimum Gasteiger partial charge on any atom is -0.504 e. The molecule has 0 bridgehead atoms. The van der Waals surface area contributed by atoms with Crippen LogP contribution >= 0.6 is 7.60 Å². The molecule has 2 rings (SSSR count). The molecule has 2 aromatic rings. The van der Waals surface area contributed by atoms with E-state index in [1.54, 1.807) is 26.8 Å². The molecule has 2 aromatic carbocycles. The van der Waals surface area contributed by atoms with Crippen molar-refractivity contribution in [1.29, 1.82) is 0 Å². The molecule has 0 aliphatic carbocycles. The van der Waals surface area contributed by atoms with E-state index in [0.29, 0.717) is 18.8 Å². The van der Waals surface area contributed by atoms with Crippen LogP contribution in [0.25, 0.3) is 12.2 Å². The summed E-state index contributed by atoms with van der Waals surface area (Å²) in [7, 11) is -3.10. The lowest BCUT2D eigenvalue weighted by Crippen LogP contribution is -1.99. The SMILES string of the molecule is CCOP(=O)(Cc1ccc(/C=C/c2cc(C)c(O)c(O)c2)cc1)OCC.